The van der Waals surface area contributed by atoms with Crippen molar-refractivity contribution in [1.29, 1.82) is 0 Å². The molecule has 0 fully saturated rings. The summed E-state index contributed by atoms with van der Waals surface area (Å²) >= 11 is 0. The van der Waals surface area contributed by atoms with E-state index in [-0.39, 0.29) is 11.3 Å². The van der Waals surface area contributed by atoms with E-state index in [1.807, 2.05) is 0 Å². The van der Waals surface area contributed by atoms with Gasteiger partial charge in [0.1, 0.15) is 11.6 Å². The summed E-state index contributed by atoms with van der Waals surface area (Å²) in [7, 11) is 0. The predicted octanol–water partition coefficient (Wildman–Crippen LogP) is 1.67. The Morgan fingerprint density at radius 1 is 1.56 bits per heavy atom. The van der Waals surface area contributed by atoms with E-state index in [2.05, 4.69) is 11.2 Å². The minimum Gasteiger partial charge on any atom is -0.508 e. The molecule has 4 heteroatoms. The zero-order valence-corrected chi connectivity index (χ0v) is 8.66. The fraction of sp³-hybridized carbons (Fsp3) is 0.250. The van der Waals surface area contributed by atoms with Crippen molar-refractivity contribution >= 4 is 5.91 Å². The van der Waals surface area contributed by atoms with Crippen LogP contribution in [0.25, 0.3) is 0 Å². The first kappa shape index (κ1) is 12.1. The van der Waals surface area contributed by atoms with Crippen molar-refractivity contribution < 1.29 is 14.3 Å². The maximum atomic E-state index is 13.2. The van der Waals surface area contributed by atoms with Gasteiger partial charge in [-0.05, 0) is 18.6 Å². The Morgan fingerprint density at radius 3 is 2.94 bits per heavy atom. The third-order valence-corrected chi connectivity index (χ3v) is 1.98. The van der Waals surface area contributed by atoms with Crippen molar-refractivity contribution in [2.45, 2.75) is 12.8 Å². The molecule has 0 aliphatic rings. The Hall–Kier alpha value is -2.02. The normalized spacial score (nSPS) is 9.50. The SMILES string of the molecule is C#CCCCNC(=O)c1ccc(O)cc1F. The lowest BCUT2D eigenvalue weighted by molar-refractivity contribution is 0.0949. The fourth-order valence-electron chi connectivity index (χ4n) is 1.18. The Bertz CT molecular complexity index is 424. The van der Waals surface area contributed by atoms with Crippen molar-refractivity contribution in [2.75, 3.05) is 6.54 Å². The highest BCUT2D eigenvalue weighted by atomic mass is 19.1. The second-order valence-electron chi connectivity index (χ2n) is 3.23. The number of phenolic OH excluding ortho intramolecular Hbond substituents is 1. The molecule has 0 aliphatic heterocycles. The zero-order chi connectivity index (χ0) is 12.0. The molecule has 1 aromatic carbocycles. The molecule has 84 valence electrons. The quantitative estimate of drug-likeness (QED) is 0.600. The summed E-state index contributed by atoms with van der Waals surface area (Å²) in [5.74, 6) is 0.988. The van der Waals surface area contributed by atoms with Crippen LogP contribution in [0.1, 0.15) is 23.2 Å². The number of benzene rings is 1. The van der Waals surface area contributed by atoms with Gasteiger partial charge in [-0.15, -0.1) is 12.3 Å². The van der Waals surface area contributed by atoms with E-state index in [1.165, 1.54) is 12.1 Å². The van der Waals surface area contributed by atoms with Crippen LogP contribution in [-0.4, -0.2) is 17.6 Å². The number of carbonyl (C=O) groups excluding carboxylic acids is 1. The van der Waals surface area contributed by atoms with Crippen LogP contribution in [0.2, 0.25) is 0 Å². The summed E-state index contributed by atoms with van der Waals surface area (Å²) in [5.41, 5.74) is -0.0847. The highest BCUT2D eigenvalue weighted by Crippen LogP contribution is 2.14. The molecule has 0 aromatic heterocycles. The lowest BCUT2D eigenvalue weighted by Crippen LogP contribution is -2.25. The molecule has 1 rings (SSSR count). The number of phenols is 1. The van der Waals surface area contributed by atoms with Crippen LogP contribution < -0.4 is 5.32 Å². The van der Waals surface area contributed by atoms with Gasteiger partial charge in [0.2, 0.25) is 0 Å². The third kappa shape index (κ3) is 3.28. The number of halogens is 1. The van der Waals surface area contributed by atoms with Crippen LogP contribution in [0.3, 0.4) is 0 Å². The Kier molecular flexibility index (Phi) is 4.34. The van der Waals surface area contributed by atoms with Gasteiger partial charge >= 0.3 is 0 Å². The first-order valence-corrected chi connectivity index (χ1v) is 4.85. The van der Waals surface area contributed by atoms with Crippen molar-refractivity contribution in [1.82, 2.24) is 5.32 Å². The smallest absolute Gasteiger partial charge is 0.254 e. The summed E-state index contributed by atoms with van der Waals surface area (Å²) in [4.78, 5) is 11.5. The number of hydrogen-bond donors (Lipinski definition) is 2. The zero-order valence-electron chi connectivity index (χ0n) is 8.66. The van der Waals surface area contributed by atoms with Gasteiger partial charge in [0.15, 0.2) is 0 Å². The maximum Gasteiger partial charge on any atom is 0.254 e. The minimum atomic E-state index is -0.741. The highest BCUT2D eigenvalue weighted by Gasteiger charge is 2.11. The summed E-state index contributed by atoms with van der Waals surface area (Å²) in [5, 5.41) is 11.5. The van der Waals surface area contributed by atoms with Crippen molar-refractivity contribution in [2.24, 2.45) is 0 Å². The van der Waals surface area contributed by atoms with Gasteiger partial charge < -0.3 is 10.4 Å². The van der Waals surface area contributed by atoms with E-state index in [9.17, 15) is 9.18 Å². The molecule has 0 aliphatic carbocycles. The van der Waals surface area contributed by atoms with Gasteiger partial charge in [-0.1, -0.05) is 0 Å². The van der Waals surface area contributed by atoms with Gasteiger partial charge in [0.05, 0.1) is 5.56 Å². The molecule has 3 nitrogen and oxygen atoms in total. The van der Waals surface area contributed by atoms with Gasteiger partial charge in [0.25, 0.3) is 5.91 Å². The minimum absolute atomic E-state index is 0.0847. The van der Waals surface area contributed by atoms with Crippen LogP contribution in [0.15, 0.2) is 18.2 Å². The number of hydrogen-bond acceptors (Lipinski definition) is 2. The molecule has 0 atom stereocenters. The van der Waals surface area contributed by atoms with Crippen LogP contribution in [0.5, 0.6) is 5.75 Å². The van der Waals surface area contributed by atoms with Gasteiger partial charge in [-0.2, -0.15) is 0 Å². The van der Waals surface area contributed by atoms with Crippen molar-refractivity contribution in [3.05, 3.63) is 29.6 Å². The van der Waals surface area contributed by atoms with Crippen molar-refractivity contribution in [3.8, 4) is 18.1 Å². The number of terminal acetylenes is 1. The van der Waals surface area contributed by atoms with Crippen LogP contribution >= 0.6 is 0 Å². The summed E-state index contributed by atoms with van der Waals surface area (Å²) < 4.78 is 13.2. The van der Waals surface area contributed by atoms with Crippen molar-refractivity contribution in [3.63, 3.8) is 0 Å². The fourth-order valence-corrected chi connectivity index (χ4v) is 1.18. The van der Waals surface area contributed by atoms with E-state index in [0.717, 1.165) is 6.07 Å². The lowest BCUT2D eigenvalue weighted by Gasteiger charge is -2.05. The molecule has 16 heavy (non-hydrogen) atoms. The number of unbranched alkanes of at least 4 members (excludes halogenated alkanes) is 1. The second kappa shape index (κ2) is 5.76. The van der Waals surface area contributed by atoms with E-state index in [1.54, 1.807) is 0 Å². The molecule has 1 aromatic rings. The molecule has 0 unspecified atom stereocenters. The van der Waals surface area contributed by atoms with E-state index in [4.69, 9.17) is 11.5 Å². The lowest BCUT2D eigenvalue weighted by atomic mass is 10.2. The Labute approximate surface area is 93.3 Å². The highest BCUT2D eigenvalue weighted by molar-refractivity contribution is 5.94. The molecule has 0 saturated carbocycles. The molecule has 0 radical (unpaired) electrons. The summed E-state index contributed by atoms with van der Waals surface area (Å²) in [6, 6.07) is 3.40. The molecule has 0 bridgehead atoms. The standard InChI is InChI=1S/C12H12FNO2/c1-2-3-4-7-14-12(16)10-6-5-9(15)8-11(10)13/h1,5-6,8,15H,3-4,7H2,(H,14,16). The summed E-state index contributed by atoms with van der Waals surface area (Å²) in [6.07, 6.45) is 6.27. The van der Waals surface area contributed by atoms with Gasteiger partial charge in [-0.3, -0.25) is 4.79 Å². The second-order valence-corrected chi connectivity index (χ2v) is 3.23. The van der Waals surface area contributed by atoms with Crippen LogP contribution in [0, 0.1) is 18.2 Å². The topological polar surface area (TPSA) is 49.3 Å². The van der Waals surface area contributed by atoms with Gasteiger partial charge in [-0.25, -0.2) is 4.39 Å². The van der Waals surface area contributed by atoms with Crippen LogP contribution in [0.4, 0.5) is 4.39 Å². The molecular weight excluding hydrogens is 209 g/mol. The first-order valence-electron chi connectivity index (χ1n) is 4.85. The van der Waals surface area contributed by atoms with Crippen LogP contribution in [-0.2, 0) is 0 Å². The predicted molar refractivity (Wildman–Crippen MR) is 58.5 cm³/mol. The number of carbonyl (C=O) groups is 1. The molecular formula is C12H12FNO2. The molecule has 0 saturated heterocycles. The Morgan fingerprint density at radius 2 is 2.31 bits per heavy atom. The largest absolute Gasteiger partial charge is 0.508 e. The number of amides is 1. The Balaban J connectivity index is 2.57. The molecule has 0 spiro atoms. The molecule has 0 heterocycles. The number of aromatic hydroxyl groups is 1. The van der Waals surface area contributed by atoms with E-state index >= 15 is 0 Å². The monoisotopic (exact) mass is 221 g/mol. The van der Waals surface area contributed by atoms with E-state index in [0.29, 0.717) is 19.4 Å². The maximum absolute atomic E-state index is 13.2. The van der Waals surface area contributed by atoms with E-state index < -0.39 is 11.7 Å². The molecule has 2 N–H and O–H groups in total. The van der Waals surface area contributed by atoms with Gasteiger partial charge in [0, 0.05) is 19.0 Å². The third-order valence-electron chi connectivity index (χ3n) is 1.98. The average molecular weight is 221 g/mol. The summed E-state index contributed by atoms with van der Waals surface area (Å²) in [6.45, 7) is 0.406. The number of rotatable bonds is 4. The molecule has 1 amide bonds. The number of nitrogens with one attached hydrogen (secondary N) is 1. The average Bonchev–Trinajstić information content (AvgIpc) is 2.24. The first-order chi connectivity index (χ1) is 7.65.